The van der Waals surface area contributed by atoms with Crippen LogP contribution in [-0.4, -0.2) is 35.6 Å². The summed E-state index contributed by atoms with van der Waals surface area (Å²) in [5, 5.41) is 6.85. The van der Waals surface area contributed by atoms with E-state index in [1.807, 2.05) is 0 Å². The zero-order valence-corrected chi connectivity index (χ0v) is 11.3. The minimum absolute atomic E-state index is 0.0590. The third kappa shape index (κ3) is 4.63. The molecule has 1 aromatic rings. The van der Waals surface area contributed by atoms with Crippen molar-refractivity contribution in [2.24, 2.45) is 0 Å². The Kier molecular flexibility index (Phi) is 5.51. The SMILES string of the molecule is FC(F)C(F)(F)COCc1noc(C2CCCCCN2)n1. The Morgan fingerprint density at radius 3 is 2.90 bits per heavy atom. The molecule has 0 spiro atoms. The third-order valence-corrected chi connectivity index (χ3v) is 3.19. The van der Waals surface area contributed by atoms with Gasteiger partial charge in [0.15, 0.2) is 5.82 Å². The van der Waals surface area contributed by atoms with E-state index in [-0.39, 0.29) is 11.9 Å². The Bertz CT molecular complexity index is 434. The predicted molar refractivity (Wildman–Crippen MR) is 64.1 cm³/mol. The number of nitrogens with zero attached hydrogens (tertiary/aromatic N) is 2. The van der Waals surface area contributed by atoms with E-state index >= 15 is 0 Å². The molecule has 1 fully saturated rings. The first-order valence-electron chi connectivity index (χ1n) is 6.78. The monoisotopic (exact) mass is 311 g/mol. The van der Waals surface area contributed by atoms with Gasteiger partial charge in [0.1, 0.15) is 13.2 Å². The first kappa shape index (κ1) is 16.2. The number of halogens is 4. The van der Waals surface area contributed by atoms with Crippen LogP contribution >= 0.6 is 0 Å². The lowest BCUT2D eigenvalue weighted by atomic mass is 10.1. The predicted octanol–water partition coefficient (Wildman–Crippen LogP) is 2.69. The van der Waals surface area contributed by atoms with Crippen LogP contribution in [-0.2, 0) is 11.3 Å². The van der Waals surface area contributed by atoms with Crippen molar-refractivity contribution in [1.29, 1.82) is 0 Å². The van der Waals surface area contributed by atoms with Crippen molar-refractivity contribution in [3.8, 4) is 0 Å². The van der Waals surface area contributed by atoms with Crippen molar-refractivity contribution < 1.29 is 26.8 Å². The van der Waals surface area contributed by atoms with E-state index in [2.05, 4.69) is 20.2 Å². The van der Waals surface area contributed by atoms with Crippen molar-refractivity contribution in [2.75, 3.05) is 13.2 Å². The highest BCUT2D eigenvalue weighted by Gasteiger charge is 2.41. The van der Waals surface area contributed by atoms with Gasteiger partial charge in [-0.05, 0) is 19.4 Å². The lowest BCUT2D eigenvalue weighted by Gasteiger charge is -2.14. The van der Waals surface area contributed by atoms with Crippen molar-refractivity contribution in [2.45, 2.75) is 50.7 Å². The highest BCUT2D eigenvalue weighted by Crippen LogP contribution is 2.24. The number of ether oxygens (including phenoxy) is 1. The van der Waals surface area contributed by atoms with Gasteiger partial charge in [0.2, 0.25) is 5.89 Å². The fraction of sp³-hybridized carbons (Fsp3) is 0.833. The Morgan fingerprint density at radius 1 is 1.33 bits per heavy atom. The standard InChI is InChI=1S/C12H17F4N3O2/c13-11(14)12(15,16)7-20-6-9-18-10(21-19-9)8-4-2-1-3-5-17-8/h8,11,17H,1-7H2. The summed E-state index contributed by atoms with van der Waals surface area (Å²) in [5.74, 6) is -3.73. The second kappa shape index (κ2) is 7.17. The van der Waals surface area contributed by atoms with Gasteiger partial charge in [-0.15, -0.1) is 0 Å². The summed E-state index contributed by atoms with van der Waals surface area (Å²) in [6, 6.07) is -0.0590. The normalized spacial score (nSPS) is 20.7. The quantitative estimate of drug-likeness (QED) is 0.819. The molecule has 120 valence electrons. The molecular weight excluding hydrogens is 294 g/mol. The summed E-state index contributed by atoms with van der Waals surface area (Å²) < 4.78 is 58.7. The number of hydrogen-bond donors (Lipinski definition) is 1. The summed E-state index contributed by atoms with van der Waals surface area (Å²) in [5.41, 5.74) is 0. The summed E-state index contributed by atoms with van der Waals surface area (Å²) in [6.07, 6.45) is 0.325. The van der Waals surface area contributed by atoms with Crippen LogP contribution in [0.4, 0.5) is 17.6 Å². The highest BCUT2D eigenvalue weighted by molar-refractivity contribution is 4.93. The molecule has 2 rings (SSSR count). The van der Waals surface area contributed by atoms with Crippen LogP contribution in [0.25, 0.3) is 0 Å². The zero-order valence-electron chi connectivity index (χ0n) is 11.3. The minimum Gasteiger partial charge on any atom is -0.367 e. The average Bonchev–Trinajstić information content (AvgIpc) is 2.72. The van der Waals surface area contributed by atoms with Crippen molar-refractivity contribution in [1.82, 2.24) is 15.5 Å². The van der Waals surface area contributed by atoms with E-state index in [9.17, 15) is 17.6 Å². The maximum Gasteiger partial charge on any atom is 0.330 e. The summed E-state index contributed by atoms with van der Waals surface area (Å²) in [4.78, 5) is 4.04. The molecule has 0 bridgehead atoms. The van der Waals surface area contributed by atoms with E-state index in [4.69, 9.17) is 4.52 Å². The number of alkyl halides is 4. The van der Waals surface area contributed by atoms with E-state index in [0.29, 0.717) is 5.89 Å². The van der Waals surface area contributed by atoms with Crippen LogP contribution in [0, 0.1) is 0 Å². The van der Waals surface area contributed by atoms with Gasteiger partial charge in [0.25, 0.3) is 0 Å². The van der Waals surface area contributed by atoms with E-state index in [1.54, 1.807) is 0 Å². The molecule has 1 atom stereocenters. The number of rotatable bonds is 6. The number of hydrogen-bond acceptors (Lipinski definition) is 5. The third-order valence-electron chi connectivity index (χ3n) is 3.19. The molecule has 0 saturated carbocycles. The van der Waals surface area contributed by atoms with Crippen LogP contribution < -0.4 is 5.32 Å². The van der Waals surface area contributed by atoms with Gasteiger partial charge in [0, 0.05) is 0 Å². The van der Waals surface area contributed by atoms with Crippen LogP contribution in [0.3, 0.4) is 0 Å². The smallest absolute Gasteiger partial charge is 0.330 e. The molecule has 1 aliphatic heterocycles. The van der Waals surface area contributed by atoms with E-state index in [1.165, 1.54) is 0 Å². The molecule has 1 N–H and O–H groups in total. The van der Waals surface area contributed by atoms with Crippen LogP contribution in [0.15, 0.2) is 4.52 Å². The van der Waals surface area contributed by atoms with Crippen molar-refractivity contribution >= 4 is 0 Å². The Hall–Kier alpha value is -1.22. The van der Waals surface area contributed by atoms with Crippen LogP contribution in [0.1, 0.15) is 43.4 Å². The lowest BCUT2D eigenvalue weighted by Crippen LogP contribution is -2.32. The topological polar surface area (TPSA) is 60.2 Å². The minimum atomic E-state index is -4.17. The maximum absolute atomic E-state index is 12.6. The van der Waals surface area contributed by atoms with Gasteiger partial charge < -0.3 is 14.6 Å². The Morgan fingerprint density at radius 2 is 2.14 bits per heavy atom. The lowest BCUT2D eigenvalue weighted by molar-refractivity contribution is -0.168. The fourth-order valence-electron chi connectivity index (χ4n) is 2.05. The van der Waals surface area contributed by atoms with Crippen molar-refractivity contribution in [3.05, 3.63) is 11.7 Å². The highest BCUT2D eigenvalue weighted by atomic mass is 19.3. The van der Waals surface area contributed by atoms with Gasteiger partial charge in [-0.25, -0.2) is 8.78 Å². The van der Waals surface area contributed by atoms with Crippen molar-refractivity contribution in [3.63, 3.8) is 0 Å². The molecule has 2 heterocycles. The second-order valence-electron chi connectivity index (χ2n) is 4.96. The van der Waals surface area contributed by atoms with Gasteiger partial charge in [-0.1, -0.05) is 18.0 Å². The zero-order chi connectivity index (χ0) is 15.3. The molecule has 9 heteroatoms. The number of nitrogens with one attached hydrogen (secondary N) is 1. The largest absolute Gasteiger partial charge is 0.367 e. The van der Waals surface area contributed by atoms with Crippen LogP contribution in [0.2, 0.25) is 0 Å². The molecule has 0 aromatic carbocycles. The molecule has 21 heavy (non-hydrogen) atoms. The molecular formula is C12H17F4N3O2. The molecule has 1 saturated heterocycles. The van der Waals surface area contributed by atoms with E-state index in [0.717, 1.165) is 32.2 Å². The summed E-state index contributed by atoms with van der Waals surface area (Å²) in [6.45, 7) is -0.922. The molecule has 0 amide bonds. The maximum atomic E-state index is 12.6. The van der Waals surface area contributed by atoms with Gasteiger partial charge in [-0.3, -0.25) is 0 Å². The molecule has 1 aliphatic rings. The second-order valence-corrected chi connectivity index (χ2v) is 4.96. The molecule has 1 unspecified atom stereocenters. The molecule has 1 aromatic heterocycles. The van der Waals surface area contributed by atoms with Gasteiger partial charge in [-0.2, -0.15) is 13.8 Å². The summed E-state index contributed by atoms with van der Waals surface area (Å²) in [7, 11) is 0. The van der Waals surface area contributed by atoms with Gasteiger partial charge >= 0.3 is 12.3 Å². The first-order chi connectivity index (χ1) is 9.99. The molecule has 0 aliphatic carbocycles. The first-order valence-corrected chi connectivity index (χ1v) is 6.78. The Balaban J connectivity index is 1.83. The number of aromatic nitrogens is 2. The Labute approximate surface area is 119 Å². The van der Waals surface area contributed by atoms with Crippen LogP contribution in [0.5, 0.6) is 0 Å². The van der Waals surface area contributed by atoms with E-state index < -0.39 is 25.6 Å². The summed E-state index contributed by atoms with van der Waals surface area (Å²) >= 11 is 0. The average molecular weight is 311 g/mol. The molecule has 5 nitrogen and oxygen atoms in total. The van der Waals surface area contributed by atoms with Gasteiger partial charge in [0.05, 0.1) is 6.04 Å². The fourth-order valence-corrected chi connectivity index (χ4v) is 2.05. The molecule has 0 radical (unpaired) electrons.